The Morgan fingerprint density at radius 1 is 1.13 bits per heavy atom. The predicted molar refractivity (Wildman–Crippen MR) is 133 cm³/mol. The Kier molecular flexibility index (Phi) is 6.72. The summed E-state index contributed by atoms with van der Waals surface area (Å²) in [6.07, 6.45) is 1.34. The Hall–Kier alpha value is -4.09. The van der Waals surface area contributed by atoms with Crippen LogP contribution in [0, 0.1) is 11.6 Å². The smallest absolute Gasteiger partial charge is 0.288 e. The van der Waals surface area contributed by atoms with Crippen LogP contribution in [0.5, 0.6) is 5.75 Å². The van der Waals surface area contributed by atoms with Crippen molar-refractivity contribution in [2.45, 2.75) is 18.7 Å². The van der Waals surface area contributed by atoms with Gasteiger partial charge in [0.05, 0.1) is 19.8 Å². The number of nitrogens with one attached hydrogen (secondary N) is 1. The van der Waals surface area contributed by atoms with Crippen LogP contribution in [0.2, 0.25) is 0 Å². The van der Waals surface area contributed by atoms with Crippen molar-refractivity contribution in [1.82, 2.24) is 19.9 Å². The van der Waals surface area contributed by atoms with Gasteiger partial charge in [-0.3, -0.25) is 19.4 Å². The summed E-state index contributed by atoms with van der Waals surface area (Å²) in [7, 11) is 3.44. The molecule has 1 spiro atoms. The lowest BCUT2D eigenvalue weighted by atomic mass is 9.92. The molecule has 9 nitrogen and oxygen atoms in total. The van der Waals surface area contributed by atoms with Gasteiger partial charge in [0.25, 0.3) is 11.8 Å². The van der Waals surface area contributed by atoms with E-state index in [2.05, 4.69) is 5.32 Å². The molecule has 0 radical (unpaired) electrons. The molecule has 1 fully saturated rings. The van der Waals surface area contributed by atoms with Crippen LogP contribution in [0.1, 0.15) is 32.0 Å². The molecule has 0 aliphatic carbocycles. The van der Waals surface area contributed by atoms with Crippen molar-refractivity contribution < 1.29 is 27.8 Å². The predicted octanol–water partition coefficient (Wildman–Crippen LogP) is 2.29. The second kappa shape index (κ2) is 9.99. The van der Waals surface area contributed by atoms with Crippen LogP contribution in [0.25, 0.3) is 0 Å². The molecule has 0 saturated carbocycles. The Labute approximate surface area is 217 Å². The molecule has 5 rings (SSSR count). The first kappa shape index (κ1) is 25.6. The summed E-state index contributed by atoms with van der Waals surface area (Å²) in [5.41, 5.74) is -0.897. The van der Waals surface area contributed by atoms with Crippen molar-refractivity contribution in [3.8, 4) is 5.75 Å². The third-order valence-electron chi connectivity index (χ3n) is 6.71. The van der Waals surface area contributed by atoms with Crippen LogP contribution in [0.4, 0.5) is 8.78 Å². The van der Waals surface area contributed by atoms with Crippen molar-refractivity contribution in [1.29, 1.82) is 0 Å². The van der Waals surface area contributed by atoms with Gasteiger partial charge in [0.1, 0.15) is 29.3 Å². The van der Waals surface area contributed by atoms with E-state index >= 15 is 0 Å². The molecule has 2 amide bonds. The van der Waals surface area contributed by atoms with Gasteiger partial charge in [0.2, 0.25) is 5.43 Å². The van der Waals surface area contributed by atoms with E-state index in [9.17, 15) is 23.2 Å². The summed E-state index contributed by atoms with van der Waals surface area (Å²) in [6, 6.07) is 12.1. The Bertz CT molecular complexity index is 1450. The Balaban J connectivity index is 1.56. The number of hydrogen-bond acceptors (Lipinski definition) is 6. The molecule has 2 aliphatic rings. The number of rotatable bonds is 7. The number of carbonyl (C=O) groups is 2. The molecule has 2 aromatic carbocycles. The van der Waals surface area contributed by atoms with E-state index < -0.39 is 34.4 Å². The molecule has 198 valence electrons. The van der Waals surface area contributed by atoms with Gasteiger partial charge in [-0.2, -0.15) is 0 Å². The zero-order valence-corrected chi connectivity index (χ0v) is 20.9. The summed E-state index contributed by atoms with van der Waals surface area (Å²) < 4.78 is 40.4. The second-order valence-electron chi connectivity index (χ2n) is 9.54. The van der Waals surface area contributed by atoms with Crippen LogP contribution in [0.3, 0.4) is 0 Å². The third-order valence-corrected chi connectivity index (χ3v) is 6.71. The molecule has 11 heteroatoms. The highest BCUT2D eigenvalue weighted by Gasteiger charge is 2.50. The van der Waals surface area contributed by atoms with Gasteiger partial charge >= 0.3 is 0 Å². The molecular formula is C27H26F2N4O5. The highest BCUT2D eigenvalue weighted by atomic mass is 19.1. The van der Waals surface area contributed by atoms with Crippen LogP contribution < -0.4 is 15.5 Å². The molecule has 1 aromatic heterocycles. The zero-order valence-electron chi connectivity index (χ0n) is 20.9. The molecule has 0 atom stereocenters. The van der Waals surface area contributed by atoms with Gasteiger partial charge in [-0.05, 0) is 11.6 Å². The summed E-state index contributed by atoms with van der Waals surface area (Å²) in [5.74, 6) is -3.05. The van der Waals surface area contributed by atoms with Crippen molar-refractivity contribution in [3.05, 3.63) is 99.0 Å². The minimum absolute atomic E-state index is 0.00626. The summed E-state index contributed by atoms with van der Waals surface area (Å²) in [5, 5.41) is 5.66. The van der Waals surface area contributed by atoms with Crippen LogP contribution in [-0.2, 0) is 23.4 Å². The number of pyridine rings is 1. The maximum absolute atomic E-state index is 14.1. The number of benzene rings is 2. The molecule has 0 bridgehead atoms. The number of hydrazine groups is 1. The van der Waals surface area contributed by atoms with E-state index in [1.54, 1.807) is 23.7 Å². The third kappa shape index (κ3) is 4.54. The van der Waals surface area contributed by atoms with Crippen LogP contribution >= 0.6 is 0 Å². The Morgan fingerprint density at radius 2 is 1.87 bits per heavy atom. The average Bonchev–Trinajstić information content (AvgIpc) is 2.87. The number of halogens is 2. The lowest BCUT2D eigenvalue weighted by Gasteiger charge is -2.51. The van der Waals surface area contributed by atoms with Gasteiger partial charge in [-0.25, -0.2) is 13.8 Å². The number of amides is 2. The molecule has 0 unspecified atom stereocenters. The monoisotopic (exact) mass is 524 g/mol. The molecule has 3 heterocycles. The van der Waals surface area contributed by atoms with E-state index in [1.165, 1.54) is 17.3 Å². The fourth-order valence-corrected chi connectivity index (χ4v) is 4.57. The number of aromatic nitrogens is 1. The number of hydrogen-bond donors (Lipinski definition) is 1. The maximum atomic E-state index is 14.1. The van der Waals surface area contributed by atoms with E-state index in [-0.39, 0.29) is 55.5 Å². The summed E-state index contributed by atoms with van der Waals surface area (Å²) in [4.78, 5) is 40.4. The van der Waals surface area contributed by atoms with Crippen molar-refractivity contribution in [3.63, 3.8) is 0 Å². The Morgan fingerprint density at radius 3 is 2.50 bits per heavy atom. The SMILES string of the molecule is CN(C)N1CC2(COC2)n2cc(C(=O)NCc3ccc(F)cc3F)c(=O)c(OCc3ccccc3)c2C1=O. The van der Waals surface area contributed by atoms with E-state index in [0.717, 1.165) is 11.6 Å². The van der Waals surface area contributed by atoms with Crippen molar-refractivity contribution in [2.24, 2.45) is 0 Å². The fraction of sp³-hybridized carbons (Fsp3) is 0.296. The quantitative estimate of drug-likeness (QED) is 0.510. The molecule has 38 heavy (non-hydrogen) atoms. The fourth-order valence-electron chi connectivity index (χ4n) is 4.57. The van der Waals surface area contributed by atoms with Gasteiger partial charge in [-0.1, -0.05) is 36.4 Å². The van der Waals surface area contributed by atoms with E-state index in [0.29, 0.717) is 6.07 Å². The number of nitrogens with zero attached hydrogens (tertiary/aromatic N) is 3. The molecule has 1 N–H and O–H groups in total. The van der Waals surface area contributed by atoms with Crippen molar-refractivity contribution >= 4 is 11.8 Å². The first-order valence-corrected chi connectivity index (χ1v) is 12.0. The first-order chi connectivity index (χ1) is 18.2. The lowest BCUT2D eigenvalue weighted by Crippen LogP contribution is -2.66. The minimum Gasteiger partial charge on any atom is -0.483 e. The number of carbonyl (C=O) groups excluding carboxylic acids is 2. The first-order valence-electron chi connectivity index (χ1n) is 12.0. The topological polar surface area (TPSA) is 93.1 Å². The number of ether oxygens (including phenoxy) is 2. The highest BCUT2D eigenvalue weighted by molar-refractivity contribution is 5.99. The molecule has 1 saturated heterocycles. The van der Waals surface area contributed by atoms with Crippen LogP contribution in [-0.4, -0.2) is 60.3 Å². The average molecular weight is 525 g/mol. The standard InChI is InChI=1S/C27H26F2N4O5/c1-31(2)33-14-27(15-37-16-27)32-12-20(25(35)30-11-18-8-9-19(28)10-21(18)29)23(34)24(22(32)26(33)36)38-13-17-6-4-3-5-7-17/h3-10,12H,11,13-16H2,1-2H3,(H,30,35). The highest BCUT2D eigenvalue weighted by Crippen LogP contribution is 2.36. The second-order valence-corrected chi connectivity index (χ2v) is 9.54. The molecule has 2 aliphatic heterocycles. The maximum Gasteiger partial charge on any atom is 0.288 e. The largest absolute Gasteiger partial charge is 0.483 e. The van der Waals surface area contributed by atoms with Gasteiger partial charge < -0.3 is 19.4 Å². The number of fused-ring (bicyclic) bond motifs is 2. The molecule has 3 aromatic rings. The summed E-state index contributed by atoms with van der Waals surface area (Å²) >= 11 is 0. The zero-order chi connectivity index (χ0) is 27.0. The van der Waals surface area contributed by atoms with E-state index in [4.69, 9.17) is 9.47 Å². The van der Waals surface area contributed by atoms with Gasteiger partial charge in [0.15, 0.2) is 11.4 Å². The van der Waals surface area contributed by atoms with E-state index in [1.807, 2.05) is 30.3 Å². The lowest BCUT2D eigenvalue weighted by molar-refractivity contribution is -0.138. The van der Waals surface area contributed by atoms with Crippen LogP contribution in [0.15, 0.2) is 59.5 Å². The van der Waals surface area contributed by atoms with Gasteiger partial charge in [0, 0.05) is 38.5 Å². The molecular weight excluding hydrogens is 498 g/mol. The van der Waals surface area contributed by atoms with Crippen molar-refractivity contribution in [2.75, 3.05) is 33.9 Å². The normalized spacial score (nSPS) is 15.8. The summed E-state index contributed by atoms with van der Waals surface area (Å²) in [6.45, 7) is 0.525. The van der Waals surface area contributed by atoms with Gasteiger partial charge in [-0.15, -0.1) is 0 Å². The minimum atomic E-state index is -0.820.